The Balaban J connectivity index is 0.771. The molecule has 0 aromatic rings. The predicted octanol–water partition coefficient (Wildman–Crippen LogP) is -6.52. The fraction of sp³-hybridized carbons (Fsp3) is 1.00. The minimum absolute atomic E-state index is 0.0808. The maximum Gasteiger partial charge on any atom is 0.187 e. The summed E-state index contributed by atoms with van der Waals surface area (Å²) in [6.07, 6.45) is -37.5. The SMILES string of the molecule is C[C@@H](CC[C@@]1(O)O[C@H]2C[C@H]3[C@@H]4CC[C@H]5C[C@H](O[C@H]6O[C@@H](CO)[C@@H](O[C@H]7O[C@@H](CO)[C@H](O)[C@H](O[C@H]8OC[C@H](O)[C@H](O)[C@H]8O)[C@H]7O[C@H]7O[C@@H](CO)[C@@H](O)[C@H](O)[C@H]7O)[C@H](O)[C@H]6O)[C@@H](O)C[C@@]5(C)[C@@H]4CC[C@@]3(C)[C@H]2[C@@H]1C)CO[C@H]1O[C@@H](CO)[C@H](O)C(O)[C@H]1O. The monoisotopic (exact) mass is 1230 g/mol. The van der Waals surface area contributed by atoms with Gasteiger partial charge in [-0.1, -0.05) is 27.7 Å². The predicted molar refractivity (Wildman–Crippen MR) is 280 cm³/mol. The second-order valence-electron chi connectivity index (χ2n) is 26.8. The van der Waals surface area contributed by atoms with E-state index in [1.54, 1.807) is 0 Å². The first-order valence-corrected chi connectivity index (χ1v) is 30.4. The Morgan fingerprint density at radius 1 is 0.518 bits per heavy atom. The lowest BCUT2D eigenvalue weighted by Crippen LogP contribution is -2.68. The molecule has 4 aliphatic carbocycles. The van der Waals surface area contributed by atoms with Crippen molar-refractivity contribution in [2.75, 3.05) is 39.6 Å². The largest absolute Gasteiger partial charge is 0.394 e. The number of rotatable bonds is 18. The molecule has 29 heteroatoms. The smallest absolute Gasteiger partial charge is 0.187 e. The molecule has 0 aromatic heterocycles. The molecule has 29 nitrogen and oxygen atoms in total. The van der Waals surface area contributed by atoms with Crippen LogP contribution in [-0.2, 0) is 52.1 Å². The number of aliphatic hydroxyl groups is 18. The average Bonchev–Trinajstić information content (AvgIpc) is 1.73. The summed E-state index contributed by atoms with van der Waals surface area (Å²) in [5, 5.41) is 194. The van der Waals surface area contributed by atoms with Crippen molar-refractivity contribution < 1.29 is 144 Å². The van der Waals surface area contributed by atoms with Crippen molar-refractivity contribution in [1.29, 1.82) is 0 Å². The van der Waals surface area contributed by atoms with Gasteiger partial charge in [-0.05, 0) is 97.7 Å². The molecular weight excluding hydrogens is 1140 g/mol. The van der Waals surface area contributed by atoms with E-state index in [0.29, 0.717) is 37.5 Å². The van der Waals surface area contributed by atoms with E-state index in [0.717, 1.165) is 32.1 Å². The first-order valence-electron chi connectivity index (χ1n) is 30.4. The lowest BCUT2D eigenvalue weighted by atomic mass is 9.44. The standard InChI is InChI=1S/C56H94O29/c1-20(18-75-49-43(71)39(67)36(64)30(14-57)78-49)7-10-56(74)21(2)34-29(85-56)12-25-23-6-5-22-11-28(26(61)13-55(22,4)24(23)8-9-54(25,34)3)77-51-45(73)41(69)46(33(17-60)81-51)82-53-48(84-52-44(72)40(68)37(65)31(15-58)79-52)47(38(66)32(16-59)80-53)83-50-42(70)35(63)27(62)19-76-50/h20-53,57-74H,5-19H2,1-4H3/t20-,21-,22-,23+,24+,25-,26-,27-,28-,29-,30-,31-,32-,33-,34-,35-,36-,37+,38-,39?,40-,41+,42+,43+,44+,45+,46+,47-,48+,49-,50+,51-,52+,53+,54+,55+,56+/m0/s1. The highest BCUT2D eigenvalue weighted by Gasteiger charge is 2.69. The number of ether oxygens (including phenoxy) is 11. The molecule has 1 unspecified atom stereocenters. The molecule has 37 atom stereocenters. The molecule has 18 N–H and O–H groups in total. The second kappa shape index (κ2) is 26.4. The van der Waals surface area contributed by atoms with Gasteiger partial charge in [0.2, 0.25) is 0 Å². The highest BCUT2D eigenvalue weighted by Crippen LogP contribution is 2.71. The van der Waals surface area contributed by atoms with E-state index in [2.05, 4.69) is 20.8 Å². The van der Waals surface area contributed by atoms with Crippen LogP contribution in [0.4, 0.5) is 0 Å². The number of aliphatic hydroxyl groups excluding tert-OH is 17. The molecule has 0 spiro atoms. The van der Waals surface area contributed by atoms with E-state index < -0.39 is 198 Å². The molecule has 0 aromatic carbocycles. The Bertz CT molecular complexity index is 2170. The van der Waals surface area contributed by atoms with Crippen molar-refractivity contribution in [1.82, 2.24) is 0 Å². The number of hydrogen-bond donors (Lipinski definition) is 18. The van der Waals surface area contributed by atoms with Gasteiger partial charge in [0.15, 0.2) is 37.2 Å². The fourth-order valence-electron chi connectivity index (χ4n) is 16.9. The molecule has 6 aliphatic heterocycles. The zero-order valence-electron chi connectivity index (χ0n) is 48.3. The molecule has 0 radical (unpaired) electrons. The van der Waals surface area contributed by atoms with E-state index >= 15 is 0 Å². The fourth-order valence-corrected chi connectivity index (χ4v) is 16.9. The van der Waals surface area contributed by atoms with Gasteiger partial charge >= 0.3 is 0 Å². The highest BCUT2D eigenvalue weighted by atomic mass is 16.8. The first-order chi connectivity index (χ1) is 40.2. The second-order valence-corrected chi connectivity index (χ2v) is 26.8. The Morgan fingerprint density at radius 2 is 1.07 bits per heavy atom. The summed E-state index contributed by atoms with van der Waals surface area (Å²) in [6.45, 7) is 4.91. The van der Waals surface area contributed by atoms with Crippen LogP contribution in [0.3, 0.4) is 0 Å². The van der Waals surface area contributed by atoms with E-state index in [4.69, 9.17) is 52.1 Å². The van der Waals surface area contributed by atoms with Crippen molar-refractivity contribution in [3.8, 4) is 0 Å². The summed E-state index contributed by atoms with van der Waals surface area (Å²) in [7, 11) is 0. The minimum atomic E-state index is -2.05. The van der Waals surface area contributed by atoms with Gasteiger partial charge in [0, 0.05) is 12.3 Å². The molecule has 6 heterocycles. The maximum atomic E-state index is 12.1. The number of fused-ring (bicyclic) bond motifs is 7. The highest BCUT2D eigenvalue weighted by molar-refractivity contribution is 5.16. The third kappa shape index (κ3) is 12.3. The summed E-state index contributed by atoms with van der Waals surface area (Å²) >= 11 is 0. The van der Waals surface area contributed by atoms with Crippen LogP contribution in [-0.4, -0.2) is 303 Å². The Kier molecular flexibility index (Phi) is 20.8. The van der Waals surface area contributed by atoms with Crippen molar-refractivity contribution in [3.63, 3.8) is 0 Å². The van der Waals surface area contributed by atoms with Gasteiger partial charge in [-0.25, -0.2) is 0 Å². The van der Waals surface area contributed by atoms with Crippen LogP contribution in [0.2, 0.25) is 0 Å². The molecule has 10 fully saturated rings. The molecule has 85 heavy (non-hydrogen) atoms. The summed E-state index contributed by atoms with van der Waals surface area (Å²) in [5.41, 5.74) is -0.434. The summed E-state index contributed by atoms with van der Waals surface area (Å²) < 4.78 is 65.5. The van der Waals surface area contributed by atoms with Crippen LogP contribution in [0.15, 0.2) is 0 Å². The molecule has 10 rings (SSSR count). The zero-order chi connectivity index (χ0) is 61.5. The lowest BCUT2D eigenvalue weighted by molar-refractivity contribution is -0.404. The summed E-state index contributed by atoms with van der Waals surface area (Å²) in [4.78, 5) is 0. The quantitative estimate of drug-likeness (QED) is 0.0568. The molecule has 6 saturated heterocycles. The average molecular weight is 1230 g/mol. The van der Waals surface area contributed by atoms with Gasteiger partial charge in [-0.3, -0.25) is 0 Å². The maximum absolute atomic E-state index is 12.1. The third-order valence-electron chi connectivity index (χ3n) is 21.8. The molecule has 10 aliphatic rings. The Labute approximate surface area is 491 Å². The van der Waals surface area contributed by atoms with Crippen LogP contribution in [0.25, 0.3) is 0 Å². The van der Waals surface area contributed by atoms with Gasteiger partial charge in [-0.2, -0.15) is 0 Å². The van der Waals surface area contributed by atoms with Crippen LogP contribution < -0.4 is 0 Å². The Morgan fingerprint density at radius 3 is 1.73 bits per heavy atom. The van der Waals surface area contributed by atoms with Crippen molar-refractivity contribution in [2.45, 2.75) is 257 Å². The molecule has 4 saturated carbocycles. The summed E-state index contributed by atoms with van der Waals surface area (Å²) in [6, 6.07) is 0. The van der Waals surface area contributed by atoms with Crippen molar-refractivity contribution in [3.05, 3.63) is 0 Å². The van der Waals surface area contributed by atoms with Gasteiger partial charge in [0.25, 0.3) is 0 Å². The van der Waals surface area contributed by atoms with Gasteiger partial charge in [-0.15, -0.1) is 0 Å². The van der Waals surface area contributed by atoms with Crippen LogP contribution in [0.5, 0.6) is 0 Å². The number of hydrogen-bond acceptors (Lipinski definition) is 29. The van der Waals surface area contributed by atoms with E-state index in [1.165, 1.54) is 0 Å². The van der Waals surface area contributed by atoms with Crippen molar-refractivity contribution in [2.24, 2.45) is 52.3 Å². The van der Waals surface area contributed by atoms with Crippen LogP contribution >= 0.6 is 0 Å². The van der Waals surface area contributed by atoms with Crippen molar-refractivity contribution >= 4 is 0 Å². The van der Waals surface area contributed by atoms with Gasteiger partial charge in [0.05, 0.1) is 58.0 Å². The lowest BCUT2D eigenvalue weighted by Gasteiger charge is -2.62. The topological polar surface area (TPSA) is 466 Å². The molecular formula is C56H94O29. The minimum Gasteiger partial charge on any atom is -0.394 e. The normalized spacial score (nSPS) is 55.8. The molecule has 0 bridgehead atoms. The zero-order valence-corrected chi connectivity index (χ0v) is 48.3. The molecule has 0 amide bonds. The van der Waals surface area contributed by atoms with Gasteiger partial charge in [0.1, 0.15) is 116 Å². The third-order valence-corrected chi connectivity index (χ3v) is 21.8. The van der Waals surface area contributed by atoms with Crippen LogP contribution in [0.1, 0.15) is 85.5 Å². The Hall–Kier alpha value is -1.16. The first kappa shape index (κ1) is 66.8. The van der Waals surface area contributed by atoms with E-state index in [1.807, 2.05) is 6.92 Å². The summed E-state index contributed by atoms with van der Waals surface area (Å²) in [5.74, 6) is -0.636. The molecule has 492 valence electrons. The van der Waals surface area contributed by atoms with E-state index in [9.17, 15) is 91.9 Å². The van der Waals surface area contributed by atoms with Crippen LogP contribution in [0, 0.1) is 52.3 Å². The van der Waals surface area contributed by atoms with Gasteiger partial charge < -0.3 is 144 Å². The van der Waals surface area contributed by atoms with E-state index in [-0.39, 0.29) is 53.1 Å².